The van der Waals surface area contributed by atoms with Crippen LogP contribution in [0.3, 0.4) is 0 Å². The minimum atomic E-state index is 0.811. The van der Waals surface area contributed by atoms with Crippen LogP contribution in [0.4, 0.5) is 0 Å². The highest BCUT2D eigenvalue weighted by atomic mass is 15.2. The van der Waals surface area contributed by atoms with Gasteiger partial charge in [0.2, 0.25) is 0 Å². The van der Waals surface area contributed by atoms with E-state index >= 15 is 0 Å². The fraction of sp³-hybridized carbons (Fsp3) is 0.600. The lowest BCUT2D eigenvalue weighted by Crippen LogP contribution is -2.42. The van der Waals surface area contributed by atoms with Gasteiger partial charge in [-0.15, -0.1) is 0 Å². The van der Waals surface area contributed by atoms with Crippen molar-refractivity contribution in [1.82, 2.24) is 4.90 Å². The summed E-state index contributed by atoms with van der Waals surface area (Å²) in [4.78, 5) is 2.73. The van der Waals surface area contributed by atoms with Crippen molar-refractivity contribution < 1.29 is 0 Å². The van der Waals surface area contributed by atoms with Crippen LogP contribution in [0, 0.1) is 0 Å². The highest BCUT2D eigenvalue weighted by Crippen LogP contribution is 2.41. The molecular weight excluding hydrogens is 194 g/mol. The first kappa shape index (κ1) is 10.3. The van der Waals surface area contributed by atoms with E-state index in [9.17, 15) is 0 Å². The molecule has 1 nitrogen and oxygen atoms in total. The van der Waals surface area contributed by atoms with Crippen molar-refractivity contribution >= 4 is 0 Å². The van der Waals surface area contributed by atoms with Crippen molar-refractivity contribution in [1.29, 1.82) is 0 Å². The van der Waals surface area contributed by atoms with Crippen LogP contribution in [-0.4, -0.2) is 24.0 Å². The number of piperidine rings is 1. The molecule has 3 rings (SSSR count). The molecule has 2 aliphatic rings. The Bertz CT molecular complexity index is 369. The van der Waals surface area contributed by atoms with E-state index in [4.69, 9.17) is 0 Å². The molecule has 0 aromatic heterocycles. The molecule has 2 unspecified atom stereocenters. The molecule has 1 saturated heterocycles. The van der Waals surface area contributed by atoms with E-state index in [2.05, 4.69) is 36.1 Å². The van der Waals surface area contributed by atoms with E-state index in [0.29, 0.717) is 0 Å². The summed E-state index contributed by atoms with van der Waals surface area (Å²) >= 11 is 0. The van der Waals surface area contributed by atoms with Gasteiger partial charge in [-0.2, -0.15) is 0 Å². The number of hydrogen-bond acceptors (Lipinski definition) is 1. The van der Waals surface area contributed by atoms with Gasteiger partial charge in [-0.25, -0.2) is 0 Å². The second kappa shape index (κ2) is 4.21. The molecule has 1 heterocycles. The van der Waals surface area contributed by atoms with Crippen molar-refractivity contribution in [3.05, 3.63) is 35.4 Å². The van der Waals surface area contributed by atoms with Crippen LogP contribution in [0.5, 0.6) is 0 Å². The summed E-state index contributed by atoms with van der Waals surface area (Å²) in [6.07, 6.45) is 5.37. The van der Waals surface area contributed by atoms with Crippen molar-refractivity contribution in [2.75, 3.05) is 13.1 Å². The fourth-order valence-electron chi connectivity index (χ4n) is 3.63. The Kier molecular flexibility index (Phi) is 2.72. The summed E-state index contributed by atoms with van der Waals surface area (Å²) in [7, 11) is 0. The van der Waals surface area contributed by atoms with Gasteiger partial charge in [0, 0.05) is 12.0 Å². The number of nitrogens with zero attached hydrogens (tertiary/aromatic N) is 1. The van der Waals surface area contributed by atoms with Crippen LogP contribution in [0.15, 0.2) is 24.3 Å². The first-order chi connectivity index (χ1) is 7.90. The topological polar surface area (TPSA) is 3.24 Å². The summed E-state index contributed by atoms with van der Waals surface area (Å²) in [5.74, 6) is 0.830. The normalized spacial score (nSPS) is 28.8. The zero-order valence-electron chi connectivity index (χ0n) is 10.2. The standard InChI is InChI=1S/C15H21N/c1-2-9-16-10-5-8-14-13-7-4-3-6-12(13)11-15(14)16/h3-4,6-7,14-15H,2,5,8-11H2,1H3. The summed E-state index contributed by atoms with van der Waals surface area (Å²) in [5.41, 5.74) is 3.26. The number of benzene rings is 1. The van der Waals surface area contributed by atoms with Gasteiger partial charge in [0.05, 0.1) is 0 Å². The first-order valence-corrected chi connectivity index (χ1v) is 6.72. The highest BCUT2D eigenvalue weighted by molar-refractivity contribution is 5.38. The van der Waals surface area contributed by atoms with Crippen molar-refractivity contribution in [2.24, 2.45) is 0 Å². The van der Waals surface area contributed by atoms with Gasteiger partial charge in [-0.05, 0) is 49.9 Å². The second-order valence-electron chi connectivity index (χ2n) is 5.25. The van der Waals surface area contributed by atoms with E-state index in [-0.39, 0.29) is 0 Å². The number of likely N-dealkylation sites (tertiary alicyclic amines) is 1. The maximum absolute atomic E-state index is 2.73. The molecule has 1 aromatic rings. The molecule has 2 atom stereocenters. The number of rotatable bonds is 2. The van der Waals surface area contributed by atoms with Crippen molar-refractivity contribution in [3.63, 3.8) is 0 Å². The zero-order chi connectivity index (χ0) is 11.0. The summed E-state index contributed by atoms with van der Waals surface area (Å²) in [5, 5.41) is 0. The van der Waals surface area contributed by atoms with Crippen LogP contribution in [0.25, 0.3) is 0 Å². The average Bonchev–Trinajstić information content (AvgIpc) is 2.69. The van der Waals surface area contributed by atoms with Gasteiger partial charge < -0.3 is 0 Å². The van der Waals surface area contributed by atoms with Gasteiger partial charge in [0.25, 0.3) is 0 Å². The van der Waals surface area contributed by atoms with Crippen LogP contribution < -0.4 is 0 Å². The van der Waals surface area contributed by atoms with Gasteiger partial charge in [0.15, 0.2) is 0 Å². The van der Waals surface area contributed by atoms with E-state index in [0.717, 1.165) is 12.0 Å². The van der Waals surface area contributed by atoms with Gasteiger partial charge in [-0.1, -0.05) is 31.2 Å². The molecule has 1 aromatic carbocycles. The molecule has 0 N–H and O–H groups in total. The van der Waals surface area contributed by atoms with Crippen LogP contribution in [0.1, 0.15) is 43.2 Å². The van der Waals surface area contributed by atoms with E-state index in [1.165, 1.54) is 38.8 Å². The van der Waals surface area contributed by atoms with Gasteiger partial charge >= 0.3 is 0 Å². The molecule has 0 amide bonds. The predicted molar refractivity (Wildman–Crippen MR) is 67.8 cm³/mol. The molecule has 16 heavy (non-hydrogen) atoms. The lowest BCUT2D eigenvalue weighted by molar-refractivity contribution is 0.137. The Hall–Kier alpha value is -0.820. The summed E-state index contributed by atoms with van der Waals surface area (Å²) in [6, 6.07) is 9.90. The number of hydrogen-bond donors (Lipinski definition) is 0. The molecule has 0 saturated carbocycles. The third kappa shape index (κ3) is 1.58. The Morgan fingerprint density at radius 3 is 3.06 bits per heavy atom. The second-order valence-corrected chi connectivity index (χ2v) is 5.25. The molecule has 1 heteroatoms. The molecule has 86 valence electrons. The predicted octanol–water partition coefficient (Wildman–Crippen LogP) is 3.20. The third-order valence-electron chi connectivity index (χ3n) is 4.29. The van der Waals surface area contributed by atoms with E-state index in [1.54, 1.807) is 11.1 Å². The fourth-order valence-corrected chi connectivity index (χ4v) is 3.63. The van der Waals surface area contributed by atoms with Crippen LogP contribution in [-0.2, 0) is 6.42 Å². The SMILES string of the molecule is CCCN1CCCC2c3ccccc3CC21. The molecule has 1 fully saturated rings. The summed E-state index contributed by atoms with van der Waals surface area (Å²) in [6.45, 7) is 4.91. The largest absolute Gasteiger partial charge is 0.299 e. The molecule has 1 aliphatic heterocycles. The molecule has 1 aliphatic carbocycles. The van der Waals surface area contributed by atoms with Crippen molar-refractivity contribution in [2.45, 2.75) is 44.6 Å². The molecule has 0 bridgehead atoms. The average molecular weight is 215 g/mol. The molecular formula is C15H21N. The Morgan fingerprint density at radius 2 is 2.19 bits per heavy atom. The smallest absolute Gasteiger partial charge is 0.0204 e. The van der Waals surface area contributed by atoms with E-state index < -0.39 is 0 Å². The lowest BCUT2D eigenvalue weighted by Gasteiger charge is -2.37. The van der Waals surface area contributed by atoms with Crippen LogP contribution >= 0.6 is 0 Å². The Labute approximate surface area is 98.5 Å². The first-order valence-electron chi connectivity index (χ1n) is 6.72. The zero-order valence-corrected chi connectivity index (χ0v) is 10.2. The summed E-state index contributed by atoms with van der Waals surface area (Å²) < 4.78 is 0. The van der Waals surface area contributed by atoms with Gasteiger partial charge in [0.1, 0.15) is 0 Å². The van der Waals surface area contributed by atoms with Crippen LogP contribution in [0.2, 0.25) is 0 Å². The highest BCUT2D eigenvalue weighted by Gasteiger charge is 2.37. The van der Waals surface area contributed by atoms with E-state index in [1.807, 2.05) is 0 Å². The molecule has 0 radical (unpaired) electrons. The maximum Gasteiger partial charge on any atom is 0.0204 e. The minimum absolute atomic E-state index is 0.811. The quantitative estimate of drug-likeness (QED) is 0.732. The molecule has 0 spiro atoms. The van der Waals surface area contributed by atoms with Crippen molar-refractivity contribution in [3.8, 4) is 0 Å². The minimum Gasteiger partial charge on any atom is -0.299 e. The Morgan fingerprint density at radius 1 is 1.31 bits per heavy atom. The third-order valence-corrected chi connectivity index (χ3v) is 4.29. The number of fused-ring (bicyclic) bond motifs is 3. The Balaban J connectivity index is 1.88. The monoisotopic (exact) mass is 215 g/mol. The maximum atomic E-state index is 2.73. The van der Waals surface area contributed by atoms with Gasteiger partial charge in [-0.3, -0.25) is 4.90 Å². The lowest BCUT2D eigenvalue weighted by atomic mass is 9.88.